The molecular formula is C12H19NO5. The van der Waals surface area contributed by atoms with Gasteiger partial charge in [0.2, 0.25) is 5.91 Å². The van der Waals surface area contributed by atoms with E-state index in [2.05, 4.69) is 11.9 Å². The maximum atomic E-state index is 11.9. The van der Waals surface area contributed by atoms with E-state index in [0.29, 0.717) is 0 Å². The molecule has 102 valence electrons. The molecule has 6 heteroatoms. The molecule has 0 heterocycles. The van der Waals surface area contributed by atoms with E-state index in [9.17, 15) is 14.4 Å². The van der Waals surface area contributed by atoms with Gasteiger partial charge in [0.25, 0.3) is 0 Å². The molecule has 0 aliphatic heterocycles. The molecule has 0 aliphatic rings. The number of rotatable bonds is 8. The molecule has 1 unspecified atom stereocenters. The molecule has 0 saturated heterocycles. The van der Waals surface area contributed by atoms with Gasteiger partial charge in [0, 0.05) is 12.8 Å². The molecule has 2 N–H and O–H groups in total. The van der Waals surface area contributed by atoms with Gasteiger partial charge in [-0.3, -0.25) is 9.59 Å². The predicted molar refractivity (Wildman–Crippen MR) is 64.9 cm³/mol. The van der Waals surface area contributed by atoms with Crippen LogP contribution in [0, 0.1) is 0 Å². The number of hydrogen-bond acceptors (Lipinski definition) is 4. The number of ether oxygens (including phenoxy) is 1. The van der Waals surface area contributed by atoms with E-state index in [4.69, 9.17) is 9.84 Å². The van der Waals surface area contributed by atoms with Crippen molar-refractivity contribution < 1.29 is 24.2 Å². The summed E-state index contributed by atoms with van der Waals surface area (Å²) in [5.74, 6) is -2.12. The third kappa shape index (κ3) is 4.57. The molecule has 0 aromatic rings. The first kappa shape index (κ1) is 16.1. The molecule has 18 heavy (non-hydrogen) atoms. The lowest BCUT2D eigenvalue weighted by molar-refractivity contribution is -0.152. The van der Waals surface area contributed by atoms with Gasteiger partial charge in [-0.2, -0.15) is 0 Å². The van der Waals surface area contributed by atoms with Gasteiger partial charge in [-0.15, -0.1) is 6.58 Å². The summed E-state index contributed by atoms with van der Waals surface area (Å²) in [6.45, 7) is 6.90. The summed E-state index contributed by atoms with van der Waals surface area (Å²) in [4.78, 5) is 33.9. The van der Waals surface area contributed by atoms with Crippen molar-refractivity contribution in [1.82, 2.24) is 5.32 Å². The third-order valence-electron chi connectivity index (χ3n) is 2.40. The highest BCUT2D eigenvalue weighted by Crippen LogP contribution is 2.17. The smallest absolute Gasteiger partial charge is 0.335 e. The van der Waals surface area contributed by atoms with Crippen LogP contribution in [0.25, 0.3) is 0 Å². The maximum absolute atomic E-state index is 11.9. The van der Waals surface area contributed by atoms with Gasteiger partial charge in [-0.1, -0.05) is 13.0 Å². The number of carboxylic acid groups (broad SMARTS) is 1. The lowest BCUT2D eigenvalue weighted by atomic mass is 9.93. The molecule has 6 nitrogen and oxygen atoms in total. The zero-order valence-corrected chi connectivity index (χ0v) is 10.7. The van der Waals surface area contributed by atoms with Gasteiger partial charge >= 0.3 is 11.9 Å². The van der Waals surface area contributed by atoms with Gasteiger partial charge < -0.3 is 15.2 Å². The number of aliphatic carboxylic acids is 1. The zero-order valence-electron chi connectivity index (χ0n) is 10.7. The second kappa shape index (κ2) is 7.47. The van der Waals surface area contributed by atoms with Crippen LogP contribution >= 0.6 is 0 Å². The maximum Gasteiger partial charge on any atom is 0.335 e. The Kier molecular flexibility index (Phi) is 6.70. The quantitative estimate of drug-likeness (QED) is 0.497. The number of hydrogen-bond donors (Lipinski definition) is 2. The summed E-state index contributed by atoms with van der Waals surface area (Å²) in [7, 11) is 0. The first-order valence-corrected chi connectivity index (χ1v) is 5.75. The van der Waals surface area contributed by atoms with Crippen LogP contribution in [0.5, 0.6) is 0 Å². The first-order chi connectivity index (χ1) is 8.41. The summed E-state index contributed by atoms with van der Waals surface area (Å²) in [6, 6.07) is 0. The van der Waals surface area contributed by atoms with Crippen LogP contribution in [0.4, 0.5) is 0 Å². The number of nitrogens with one attached hydrogen (secondary N) is 1. The Labute approximate surface area is 106 Å². The predicted octanol–water partition coefficient (Wildman–Crippen LogP) is 0.865. The van der Waals surface area contributed by atoms with Crippen molar-refractivity contribution >= 4 is 17.8 Å². The Bertz CT molecular complexity index is 339. The van der Waals surface area contributed by atoms with Crippen LogP contribution < -0.4 is 5.32 Å². The molecule has 0 saturated carbocycles. The van der Waals surface area contributed by atoms with Crippen LogP contribution in [-0.4, -0.2) is 35.1 Å². The minimum atomic E-state index is -1.47. The molecule has 0 aromatic carbocycles. The molecular weight excluding hydrogens is 238 g/mol. The number of carbonyl (C=O) groups excluding carboxylic acids is 2. The summed E-state index contributed by atoms with van der Waals surface area (Å²) in [5, 5.41) is 11.2. The summed E-state index contributed by atoms with van der Waals surface area (Å²) >= 11 is 0. The third-order valence-corrected chi connectivity index (χ3v) is 2.40. The number of esters is 1. The van der Waals surface area contributed by atoms with E-state index < -0.39 is 17.5 Å². The molecule has 0 rings (SSSR count). The zero-order chi connectivity index (χ0) is 14.2. The van der Waals surface area contributed by atoms with Crippen LogP contribution in [0.3, 0.4) is 0 Å². The Balaban J connectivity index is 5.04. The highest BCUT2D eigenvalue weighted by Gasteiger charge is 2.38. The highest BCUT2D eigenvalue weighted by atomic mass is 16.5. The van der Waals surface area contributed by atoms with E-state index in [1.807, 2.05) is 0 Å². The Morgan fingerprint density at radius 3 is 2.39 bits per heavy atom. The number of amides is 1. The molecule has 0 fully saturated rings. The minimum absolute atomic E-state index is 0.0869. The lowest BCUT2D eigenvalue weighted by Crippen LogP contribution is -2.54. The van der Waals surface area contributed by atoms with E-state index >= 15 is 0 Å². The van der Waals surface area contributed by atoms with E-state index in [1.165, 1.54) is 6.08 Å². The number of carbonyl (C=O) groups is 3. The fourth-order valence-electron chi connectivity index (χ4n) is 1.35. The molecule has 0 aromatic heterocycles. The fourth-order valence-corrected chi connectivity index (χ4v) is 1.35. The largest absolute Gasteiger partial charge is 0.481 e. The van der Waals surface area contributed by atoms with Crippen molar-refractivity contribution in [3.8, 4) is 0 Å². The second-order valence-corrected chi connectivity index (χ2v) is 3.69. The van der Waals surface area contributed by atoms with E-state index in [1.54, 1.807) is 13.8 Å². The monoisotopic (exact) mass is 257 g/mol. The van der Waals surface area contributed by atoms with Crippen molar-refractivity contribution in [2.45, 2.75) is 38.6 Å². The topological polar surface area (TPSA) is 92.7 Å². The average molecular weight is 257 g/mol. The molecule has 0 aliphatic carbocycles. The van der Waals surface area contributed by atoms with Gasteiger partial charge in [0.15, 0.2) is 5.54 Å². The van der Waals surface area contributed by atoms with Crippen LogP contribution in [0.1, 0.15) is 33.1 Å². The Hall–Kier alpha value is -1.85. The van der Waals surface area contributed by atoms with Crippen LogP contribution in [0.15, 0.2) is 12.7 Å². The molecule has 0 bridgehead atoms. The van der Waals surface area contributed by atoms with Crippen LogP contribution in [0.2, 0.25) is 0 Å². The summed E-state index contributed by atoms with van der Waals surface area (Å²) < 4.78 is 4.86. The van der Waals surface area contributed by atoms with E-state index in [-0.39, 0.29) is 31.8 Å². The van der Waals surface area contributed by atoms with E-state index in [0.717, 1.165) is 0 Å². The van der Waals surface area contributed by atoms with Crippen LogP contribution in [-0.2, 0) is 19.1 Å². The minimum Gasteiger partial charge on any atom is -0.481 e. The van der Waals surface area contributed by atoms with Crippen molar-refractivity contribution in [1.29, 1.82) is 0 Å². The molecule has 0 spiro atoms. The number of carboxylic acids is 1. The standard InChI is InChI=1S/C12H19NO5/c1-4-9(14)13-12(5-2,8-7-10(15)16)11(17)18-6-3/h5H,2,4,6-8H2,1,3H3,(H,13,14)(H,15,16). The van der Waals surface area contributed by atoms with Gasteiger partial charge in [-0.05, 0) is 13.3 Å². The van der Waals surface area contributed by atoms with Crippen molar-refractivity contribution in [3.05, 3.63) is 12.7 Å². The molecule has 1 atom stereocenters. The SMILES string of the molecule is C=CC(CCC(=O)O)(NC(=O)CC)C(=O)OCC. The second-order valence-electron chi connectivity index (χ2n) is 3.69. The summed E-state index contributed by atoms with van der Waals surface area (Å²) in [6.07, 6.45) is 1.05. The summed E-state index contributed by atoms with van der Waals surface area (Å²) in [5.41, 5.74) is -1.47. The highest BCUT2D eigenvalue weighted by molar-refractivity contribution is 5.90. The van der Waals surface area contributed by atoms with Crippen molar-refractivity contribution in [3.63, 3.8) is 0 Å². The Morgan fingerprint density at radius 2 is 2.00 bits per heavy atom. The fraction of sp³-hybridized carbons (Fsp3) is 0.583. The lowest BCUT2D eigenvalue weighted by Gasteiger charge is -2.28. The molecule has 0 radical (unpaired) electrons. The van der Waals surface area contributed by atoms with Crippen molar-refractivity contribution in [2.24, 2.45) is 0 Å². The van der Waals surface area contributed by atoms with Gasteiger partial charge in [0.1, 0.15) is 0 Å². The molecule has 1 amide bonds. The Morgan fingerprint density at radius 1 is 1.39 bits per heavy atom. The van der Waals surface area contributed by atoms with Gasteiger partial charge in [0.05, 0.1) is 6.61 Å². The van der Waals surface area contributed by atoms with Crippen molar-refractivity contribution in [2.75, 3.05) is 6.61 Å². The normalized spacial score (nSPS) is 13.2. The average Bonchev–Trinajstić information content (AvgIpc) is 2.34. The van der Waals surface area contributed by atoms with Gasteiger partial charge in [-0.25, -0.2) is 4.79 Å². The first-order valence-electron chi connectivity index (χ1n) is 5.75.